The number of thiophene rings is 1. The fourth-order valence-corrected chi connectivity index (χ4v) is 4.31. The molecule has 0 saturated carbocycles. The molecule has 134 valence electrons. The third-order valence-corrected chi connectivity index (χ3v) is 5.91. The van der Waals surface area contributed by atoms with Gasteiger partial charge in [-0.05, 0) is 42.2 Å². The Labute approximate surface area is 155 Å². The zero-order valence-corrected chi connectivity index (χ0v) is 15.3. The van der Waals surface area contributed by atoms with Gasteiger partial charge in [0.1, 0.15) is 11.4 Å². The lowest BCUT2D eigenvalue weighted by molar-refractivity contribution is -0.133. The van der Waals surface area contributed by atoms with Crippen LogP contribution in [0.3, 0.4) is 0 Å². The summed E-state index contributed by atoms with van der Waals surface area (Å²) in [6.45, 7) is 1.60. The summed E-state index contributed by atoms with van der Waals surface area (Å²) in [4.78, 5) is 31.9. The molecule has 0 atom stereocenters. The normalized spacial score (nSPS) is 15.5. The van der Waals surface area contributed by atoms with Crippen molar-refractivity contribution in [3.8, 4) is 0 Å². The highest BCUT2D eigenvalue weighted by Gasteiger charge is 2.23. The van der Waals surface area contributed by atoms with E-state index in [1.54, 1.807) is 6.07 Å². The molecule has 0 spiro atoms. The van der Waals surface area contributed by atoms with Crippen molar-refractivity contribution in [2.24, 2.45) is 5.92 Å². The van der Waals surface area contributed by atoms with E-state index in [-0.39, 0.29) is 18.0 Å². The number of aromatic nitrogens is 2. The summed E-state index contributed by atoms with van der Waals surface area (Å²) in [7, 11) is 0. The van der Waals surface area contributed by atoms with Crippen molar-refractivity contribution in [3.05, 3.63) is 64.0 Å². The highest BCUT2D eigenvalue weighted by molar-refractivity contribution is 7.16. The van der Waals surface area contributed by atoms with Gasteiger partial charge < -0.3 is 4.90 Å². The molecule has 0 unspecified atom stereocenters. The first-order chi connectivity index (χ1) is 12.7. The Balaban J connectivity index is 1.36. The molecular formula is C20H21N3O2S. The van der Waals surface area contributed by atoms with Gasteiger partial charge in [-0.1, -0.05) is 30.3 Å². The van der Waals surface area contributed by atoms with E-state index >= 15 is 0 Å². The van der Waals surface area contributed by atoms with E-state index in [0.717, 1.165) is 37.2 Å². The van der Waals surface area contributed by atoms with Gasteiger partial charge in [-0.3, -0.25) is 14.2 Å². The standard InChI is InChI=1S/C20H21N3O2S/c24-18(13-23-14-21-19-17(20(23)25)8-11-26-19)22-9-6-16(7-10-22)12-15-4-2-1-3-5-15/h1-5,8,11,14,16H,6-7,9-10,12-13H2. The van der Waals surface area contributed by atoms with Crippen molar-refractivity contribution in [1.82, 2.24) is 14.5 Å². The molecule has 0 radical (unpaired) electrons. The molecule has 6 heteroatoms. The highest BCUT2D eigenvalue weighted by atomic mass is 32.1. The van der Waals surface area contributed by atoms with Crippen LogP contribution in [0.1, 0.15) is 18.4 Å². The number of fused-ring (bicyclic) bond motifs is 1. The number of rotatable bonds is 4. The van der Waals surface area contributed by atoms with Crippen LogP contribution in [0.4, 0.5) is 0 Å². The van der Waals surface area contributed by atoms with Crippen LogP contribution < -0.4 is 5.56 Å². The van der Waals surface area contributed by atoms with Gasteiger partial charge in [0.2, 0.25) is 5.91 Å². The lowest BCUT2D eigenvalue weighted by Gasteiger charge is -2.32. The molecule has 1 aliphatic heterocycles. The SMILES string of the molecule is O=C(Cn1cnc2sccc2c1=O)N1CCC(Cc2ccccc2)CC1. The molecule has 0 bridgehead atoms. The lowest BCUT2D eigenvalue weighted by atomic mass is 9.90. The van der Waals surface area contributed by atoms with Crippen LogP contribution in [0.5, 0.6) is 0 Å². The van der Waals surface area contributed by atoms with Crippen LogP contribution in [-0.4, -0.2) is 33.4 Å². The van der Waals surface area contributed by atoms with Crippen molar-refractivity contribution in [2.75, 3.05) is 13.1 Å². The molecule has 1 saturated heterocycles. The van der Waals surface area contributed by atoms with Crippen LogP contribution >= 0.6 is 11.3 Å². The first kappa shape index (κ1) is 17.0. The van der Waals surface area contributed by atoms with Gasteiger partial charge in [0.25, 0.3) is 5.56 Å². The summed E-state index contributed by atoms with van der Waals surface area (Å²) in [6, 6.07) is 12.3. The topological polar surface area (TPSA) is 55.2 Å². The average molecular weight is 367 g/mol. The maximum Gasteiger partial charge on any atom is 0.262 e. The van der Waals surface area contributed by atoms with Gasteiger partial charge in [0.05, 0.1) is 11.7 Å². The number of nitrogens with zero attached hydrogens (tertiary/aromatic N) is 3. The molecule has 26 heavy (non-hydrogen) atoms. The average Bonchev–Trinajstić information content (AvgIpc) is 3.15. The van der Waals surface area contributed by atoms with Gasteiger partial charge in [-0.15, -0.1) is 11.3 Å². The molecule has 0 N–H and O–H groups in total. The predicted molar refractivity (Wildman–Crippen MR) is 103 cm³/mol. The number of amides is 1. The Morgan fingerprint density at radius 3 is 2.69 bits per heavy atom. The van der Waals surface area contributed by atoms with Gasteiger partial charge in [0, 0.05) is 13.1 Å². The molecule has 1 aromatic carbocycles. The van der Waals surface area contributed by atoms with E-state index in [1.807, 2.05) is 16.3 Å². The molecule has 3 aromatic rings. The van der Waals surface area contributed by atoms with E-state index in [2.05, 4.69) is 29.2 Å². The maximum absolute atomic E-state index is 12.6. The summed E-state index contributed by atoms with van der Waals surface area (Å²) in [5.41, 5.74) is 1.22. The molecule has 1 aliphatic rings. The Morgan fingerprint density at radius 2 is 1.92 bits per heavy atom. The minimum Gasteiger partial charge on any atom is -0.341 e. The summed E-state index contributed by atoms with van der Waals surface area (Å²) in [5.74, 6) is 0.620. The van der Waals surface area contributed by atoms with E-state index in [1.165, 1.54) is 27.8 Å². The van der Waals surface area contributed by atoms with Crippen molar-refractivity contribution < 1.29 is 4.79 Å². The summed E-state index contributed by atoms with van der Waals surface area (Å²) in [6.07, 6.45) is 4.58. The summed E-state index contributed by atoms with van der Waals surface area (Å²) >= 11 is 1.44. The van der Waals surface area contributed by atoms with Crippen LogP contribution in [0.15, 0.2) is 52.9 Å². The Kier molecular flexibility index (Phi) is 4.84. The molecule has 4 rings (SSSR count). The number of hydrogen-bond acceptors (Lipinski definition) is 4. The second-order valence-electron chi connectivity index (χ2n) is 6.83. The molecular weight excluding hydrogens is 346 g/mol. The van der Waals surface area contributed by atoms with Gasteiger partial charge in [-0.2, -0.15) is 0 Å². The maximum atomic E-state index is 12.6. The number of piperidine rings is 1. The van der Waals surface area contributed by atoms with E-state index in [9.17, 15) is 9.59 Å². The fraction of sp³-hybridized carbons (Fsp3) is 0.350. The molecule has 2 aromatic heterocycles. The van der Waals surface area contributed by atoms with Crippen molar-refractivity contribution in [3.63, 3.8) is 0 Å². The van der Waals surface area contributed by atoms with Gasteiger partial charge in [0.15, 0.2) is 0 Å². The number of likely N-dealkylation sites (tertiary alicyclic amines) is 1. The second kappa shape index (κ2) is 7.41. The van der Waals surface area contributed by atoms with Crippen LogP contribution in [-0.2, 0) is 17.8 Å². The molecule has 1 fully saturated rings. The zero-order valence-electron chi connectivity index (χ0n) is 14.5. The molecule has 1 amide bonds. The molecule has 0 aliphatic carbocycles. The van der Waals surface area contributed by atoms with E-state index in [4.69, 9.17) is 0 Å². The predicted octanol–water partition coefficient (Wildman–Crippen LogP) is 2.94. The van der Waals surface area contributed by atoms with Crippen LogP contribution in [0.2, 0.25) is 0 Å². The first-order valence-corrected chi connectivity index (χ1v) is 9.83. The van der Waals surface area contributed by atoms with Crippen molar-refractivity contribution >= 4 is 27.5 Å². The monoisotopic (exact) mass is 367 g/mol. The summed E-state index contributed by atoms with van der Waals surface area (Å²) in [5, 5.41) is 2.44. The van der Waals surface area contributed by atoms with E-state index in [0.29, 0.717) is 11.3 Å². The van der Waals surface area contributed by atoms with Crippen molar-refractivity contribution in [1.29, 1.82) is 0 Å². The quantitative estimate of drug-likeness (QED) is 0.712. The fourth-order valence-electron chi connectivity index (χ4n) is 3.59. The van der Waals surface area contributed by atoms with E-state index < -0.39 is 0 Å². The Hall–Kier alpha value is -2.47. The van der Waals surface area contributed by atoms with Crippen LogP contribution in [0, 0.1) is 5.92 Å². The zero-order chi connectivity index (χ0) is 17.9. The number of carbonyl (C=O) groups excluding carboxylic acids is 1. The third-order valence-electron chi connectivity index (χ3n) is 5.09. The highest BCUT2D eigenvalue weighted by Crippen LogP contribution is 2.22. The van der Waals surface area contributed by atoms with Crippen LogP contribution in [0.25, 0.3) is 10.2 Å². The smallest absolute Gasteiger partial charge is 0.262 e. The Bertz CT molecular complexity index is 956. The van der Waals surface area contributed by atoms with Gasteiger partial charge in [-0.25, -0.2) is 4.98 Å². The first-order valence-electron chi connectivity index (χ1n) is 8.95. The Morgan fingerprint density at radius 1 is 1.15 bits per heavy atom. The number of carbonyl (C=O) groups is 1. The second-order valence-corrected chi connectivity index (χ2v) is 7.73. The largest absolute Gasteiger partial charge is 0.341 e. The molecule has 5 nitrogen and oxygen atoms in total. The number of hydrogen-bond donors (Lipinski definition) is 0. The minimum absolute atomic E-state index is 0.00152. The summed E-state index contributed by atoms with van der Waals surface area (Å²) < 4.78 is 1.42. The lowest BCUT2D eigenvalue weighted by Crippen LogP contribution is -2.41. The molecule has 3 heterocycles. The third kappa shape index (κ3) is 3.55. The number of benzene rings is 1. The van der Waals surface area contributed by atoms with Gasteiger partial charge >= 0.3 is 0 Å². The van der Waals surface area contributed by atoms with Crippen molar-refractivity contribution in [2.45, 2.75) is 25.8 Å². The minimum atomic E-state index is -0.136.